The van der Waals surface area contributed by atoms with Gasteiger partial charge in [0.15, 0.2) is 5.69 Å². The van der Waals surface area contributed by atoms with E-state index < -0.39 is 5.60 Å². The monoisotopic (exact) mass is 365 g/mol. The van der Waals surface area contributed by atoms with Gasteiger partial charge in [-0.05, 0) is 44.0 Å². The summed E-state index contributed by atoms with van der Waals surface area (Å²) in [6.45, 7) is 2.15. The van der Waals surface area contributed by atoms with Crippen molar-refractivity contribution in [1.82, 2.24) is 24.9 Å². The van der Waals surface area contributed by atoms with E-state index in [1.807, 2.05) is 37.3 Å². The zero-order valence-electron chi connectivity index (χ0n) is 15.6. The zero-order chi connectivity index (χ0) is 19.0. The Hall–Kier alpha value is -2.80. The van der Waals surface area contributed by atoms with Crippen LogP contribution in [0.1, 0.15) is 41.9 Å². The first kappa shape index (κ1) is 17.6. The van der Waals surface area contributed by atoms with Crippen LogP contribution in [0.3, 0.4) is 0 Å². The molecule has 0 saturated heterocycles. The fourth-order valence-electron chi connectivity index (χ4n) is 3.91. The quantitative estimate of drug-likeness (QED) is 0.768. The Bertz CT molecular complexity index is 986. The summed E-state index contributed by atoms with van der Waals surface area (Å²) in [5, 5.41) is 19.9. The van der Waals surface area contributed by atoms with Crippen molar-refractivity contribution in [3.05, 3.63) is 47.9 Å². The molecule has 1 aromatic carbocycles. The number of carbonyl (C=O) groups is 1. The number of aromatic nitrogens is 4. The number of carbonyl (C=O) groups excluding carboxylic acids is 1. The first-order valence-electron chi connectivity index (χ1n) is 9.23. The Morgan fingerprint density at radius 1 is 1.26 bits per heavy atom. The summed E-state index contributed by atoms with van der Waals surface area (Å²) >= 11 is 0. The molecule has 140 valence electrons. The average molecular weight is 365 g/mol. The maximum Gasteiger partial charge on any atom is 0.276 e. The third-order valence-corrected chi connectivity index (χ3v) is 5.36. The van der Waals surface area contributed by atoms with E-state index >= 15 is 0 Å². The first-order valence-corrected chi connectivity index (χ1v) is 9.23. The van der Waals surface area contributed by atoms with Gasteiger partial charge < -0.3 is 10.0 Å². The number of nitrogens with zero attached hydrogens (tertiary/aromatic N) is 5. The molecule has 0 unspecified atom stereocenters. The normalized spacial score (nSPS) is 16.0. The molecule has 7 heteroatoms. The number of amides is 1. The van der Waals surface area contributed by atoms with Crippen molar-refractivity contribution < 1.29 is 9.90 Å². The van der Waals surface area contributed by atoms with E-state index in [1.54, 1.807) is 22.8 Å². The van der Waals surface area contributed by atoms with Crippen molar-refractivity contribution in [2.45, 2.75) is 38.2 Å². The van der Waals surface area contributed by atoms with E-state index in [1.165, 1.54) is 0 Å². The highest BCUT2D eigenvalue weighted by atomic mass is 16.3. The van der Waals surface area contributed by atoms with Crippen LogP contribution in [0.15, 0.2) is 36.5 Å². The smallest absolute Gasteiger partial charge is 0.276 e. The second kappa shape index (κ2) is 6.74. The molecule has 1 aliphatic carbocycles. The van der Waals surface area contributed by atoms with Crippen LogP contribution in [0.5, 0.6) is 0 Å². The molecule has 0 bridgehead atoms. The van der Waals surface area contributed by atoms with Gasteiger partial charge in [-0.15, -0.1) is 5.10 Å². The van der Waals surface area contributed by atoms with E-state index in [-0.39, 0.29) is 5.91 Å². The van der Waals surface area contributed by atoms with Gasteiger partial charge in [-0.3, -0.25) is 9.78 Å². The van der Waals surface area contributed by atoms with E-state index in [4.69, 9.17) is 0 Å². The van der Waals surface area contributed by atoms with Crippen LogP contribution in [0.2, 0.25) is 0 Å². The van der Waals surface area contributed by atoms with Crippen LogP contribution in [-0.2, 0) is 0 Å². The third-order valence-electron chi connectivity index (χ3n) is 5.36. The maximum absolute atomic E-state index is 12.9. The lowest BCUT2D eigenvalue weighted by molar-refractivity contribution is 0.0154. The molecule has 1 aliphatic rings. The second-order valence-electron chi connectivity index (χ2n) is 7.38. The van der Waals surface area contributed by atoms with Crippen molar-refractivity contribution >= 4 is 16.8 Å². The van der Waals surface area contributed by atoms with Gasteiger partial charge in [0.1, 0.15) is 0 Å². The second-order valence-corrected chi connectivity index (χ2v) is 7.38. The van der Waals surface area contributed by atoms with Crippen LogP contribution < -0.4 is 0 Å². The van der Waals surface area contributed by atoms with Crippen LogP contribution in [0, 0.1) is 6.92 Å². The standard InChI is InChI=1S/C20H23N5O2/c1-14-18(19(26)24(2)13-20(27)10-3-4-11-20)22-23-25(14)17-9-5-8-16-15(17)7-6-12-21-16/h5-9,12,27H,3-4,10-11,13H2,1-2H3. The Morgan fingerprint density at radius 3 is 2.81 bits per heavy atom. The van der Waals surface area contributed by atoms with Gasteiger partial charge >= 0.3 is 0 Å². The summed E-state index contributed by atoms with van der Waals surface area (Å²) in [5.74, 6) is -0.225. The zero-order valence-corrected chi connectivity index (χ0v) is 15.6. The number of hydrogen-bond donors (Lipinski definition) is 1. The Balaban J connectivity index is 1.64. The highest BCUT2D eigenvalue weighted by molar-refractivity contribution is 5.94. The fourth-order valence-corrected chi connectivity index (χ4v) is 3.91. The van der Waals surface area contributed by atoms with E-state index in [2.05, 4.69) is 15.3 Å². The predicted molar refractivity (Wildman–Crippen MR) is 102 cm³/mol. The Kier molecular flexibility index (Phi) is 4.39. The van der Waals surface area contributed by atoms with E-state index in [9.17, 15) is 9.90 Å². The Morgan fingerprint density at radius 2 is 2.04 bits per heavy atom. The topological polar surface area (TPSA) is 84.1 Å². The summed E-state index contributed by atoms with van der Waals surface area (Å²) in [5.41, 5.74) is 1.89. The van der Waals surface area contributed by atoms with Crippen LogP contribution in [0.25, 0.3) is 16.6 Å². The number of aliphatic hydroxyl groups is 1. The molecule has 2 aromatic heterocycles. The molecule has 7 nitrogen and oxygen atoms in total. The summed E-state index contributed by atoms with van der Waals surface area (Å²) in [7, 11) is 1.71. The molecule has 0 spiro atoms. The number of rotatable bonds is 4. The van der Waals surface area contributed by atoms with E-state index in [0.29, 0.717) is 17.9 Å². The highest BCUT2D eigenvalue weighted by Gasteiger charge is 2.34. The first-order chi connectivity index (χ1) is 13.0. The molecule has 1 N–H and O–H groups in total. The minimum Gasteiger partial charge on any atom is -0.388 e. The van der Waals surface area contributed by atoms with Gasteiger partial charge in [-0.1, -0.05) is 24.1 Å². The van der Waals surface area contributed by atoms with Gasteiger partial charge in [-0.25, -0.2) is 4.68 Å². The number of benzene rings is 1. The molecular weight excluding hydrogens is 342 g/mol. The highest BCUT2D eigenvalue weighted by Crippen LogP contribution is 2.30. The van der Waals surface area contributed by atoms with Crippen molar-refractivity contribution in [2.75, 3.05) is 13.6 Å². The van der Waals surface area contributed by atoms with Crippen molar-refractivity contribution in [1.29, 1.82) is 0 Å². The molecule has 1 amide bonds. The van der Waals surface area contributed by atoms with Crippen molar-refractivity contribution in [3.63, 3.8) is 0 Å². The van der Waals surface area contributed by atoms with Crippen LogP contribution in [0.4, 0.5) is 0 Å². The van der Waals surface area contributed by atoms with E-state index in [0.717, 1.165) is 42.3 Å². The molecule has 1 saturated carbocycles. The molecule has 0 radical (unpaired) electrons. The lowest BCUT2D eigenvalue weighted by Gasteiger charge is -2.28. The summed E-state index contributed by atoms with van der Waals surface area (Å²) in [6.07, 6.45) is 5.22. The number of fused-ring (bicyclic) bond motifs is 1. The maximum atomic E-state index is 12.9. The van der Waals surface area contributed by atoms with Crippen molar-refractivity contribution in [3.8, 4) is 5.69 Å². The van der Waals surface area contributed by atoms with Gasteiger partial charge in [0.05, 0.1) is 22.5 Å². The van der Waals surface area contributed by atoms with Crippen molar-refractivity contribution in [2.24, 2.45) is 0 Å². The fraction of sp³-hybridized carbons (Fsp3) is 0.400. The molecule has 27 heavy (non-hydrogen) atoms. The largest absolute Gasteiger partial charge is 0.388 e. The van der Waals surface area contributed by atoms with Crippen LogP contribution >= 0.6 is 0 Å². The summed E-state index contributed by atoms with van der Waals surface area (Å²) in [4.78, 5) is 18.8. The van der Waals surface area contributed by atoms with Gasteiger partial charge in [0, 0.05) is 25.2 Å². The molecule has 4 rings (SSSR count). The minimum absolute atomic E-state index is 0.225. The Labute approximate surface area is 157 Å². The molecular formula is C20H23N5O2. The lowest BCUT2D eigenvalue weighted by atomic mass is 10.0. The summed E-state index contributed by atoms with van der Waals surface area (Å²) in [6, 6.07) is 9.63. The van der Waals surface area contributed by atoms with Gasteiger partial charge in [0.2, 0.25) is 0 Å². The van der Waals surface area contributed by atoms with Crippen LogP contribution in [-0.4, -0.2) is 55.1 Å². The number of hydrogen-bond acceptors (Lipinski definition) is 5. The predicted octanol–water partition coefficient (Wildman–Crippen LogP) is 2.50. The molecule has 1 fully saturated rings. The molecule has 0 aliphatic heterocycles. The lowest BCUT2D eigenvalue weighted by Crippen LogP contribution is -2.42. The number of pyridine rings is 1. The van der Waals surface area contributed by atoms with Gasteiger partial charge in [-0.2, -0.15) is 0 Å². The minimum atomic E-state index is -0.782. The average Bonchev–Trinajstić information content (AvgIpc) is 3.26. The number of likely N-dealkylation sites (N-methyl/N-ethyl adjacent to an activating group) is 1. The summed E-state index contributed by atoms with van der Waals surface area (Å²) < 4.78 is 1.68. The molecule has 2 heterocycles. The third kappa shape index (κ3) is 3.19. The molecule has 0 atom stereocenters. The molecule has 3 aromatic rings. The van der Waals surface area contributed by atoms with Gasteiger partial charge in [0.25, 0.3) is 5.91 Å². The SMILES string of the molecule is Cc1c(C(=O)N(C)CC2(O)CCCC2)nnn1-c1cccc2ncccc12.